The highest BCUT2D eigenvalue weighted by Crippen LogP contribution is 2.25. The number of ether oxygens (including phenoxy) is 2. The van der Waals surface area contributed by atoms with Gasteiger partial charge < -0.3 is 19.7 Å². The number of nitrogens with zero attached hydrogens (tertiary/aromatic N) is 1. The highest BCUT2D eigenvalue weighted by Gasteiger charge is 2.21. The van der Waals surface area contributed by atoms with Gasteiger partial charge in [0, 0.05) is 24.8 Å². The van der Waals surface area contributed by atoms with Crippen LogP contribution in [0.2, 0.25) is 0 Å². The van der Waals surface area contributed by atoms with Crippen molar-refractivity contribution >= 4 is 11.6 Å². The molecule has 3 rings (SSSR count). The van der Waals surface area contributed by atoms with Crippen molar-refractivity contribution in [2.24, 2.45) is 0 Å². The number of benzene rings is 2. The number of anilines is 1. The Bertz CT molecular complexity index is 682. The first-order valence-corrected chi connectivity index (χ1v) is 8.61. The van der Waals surface area contributed by atoms with Crippen LogP contribution in [-0.2, 0) is 4.79 Å². The monoisotopic (exact) mass is 340 g/mol. The molecule has 2 aromatic carbocycles. The van der Waals surface area contributed by atoms with Crippen LogP contribution in [0.4, 0.5) is 5.69 Å². The fraction of sp³-hybridized carbons (Fsp3) is 0.350. The van der Waals surface area contributed by atoms with E-state index < -0.39 is 0 Å². The third-order valence-electron chi connectivity index (χ3n) is 4.41. The molecule has 132 valence electrons. The predicted molar refractivity (Wildman–Crippen MR) is 98.3 cm³/mol. The standard InChI is InChI=1S/C20H24N2O3/c1-24-18-9-5-6-10-19(18)25-15-20(23)21-16-11-13-22(14-12-16)17-7-3-2-4-8-17/h2-10,16H,11-15H2,1H3,(H,21,23). The second-order valence-corrected chi connectivity index (χ2v) is 6.10. The smallest absolute Gasteiger partial charge is 0.258 e. The third kappa shape index (κ3) is 4.66. The Morgan fingerprint density at radius 2 is 1.68 bits per heavy atom. The van der Waals surface area contributed by atoms with Crippen LogP contribution in [-0.4, -0.2) is 38.8 Å². The van der Waals surface area contributed by atoms with Crippen molar-refractivity contribution in [2.75, 3.05) is 31.7 Å². The van der Waals surface area contributed by atoms with Gasteiger partial charge in [-0.3, -0.25) is 4.79 Å². The first kappa shape index (κ1) is 17.1. The van der Waals surface area contributed by atoms with Gasteiger partial charge in [-0.15, -0.1) is 0 Å². The summed E-state index contributed by atoms with van der Waals surface area (Å²) in [5, 5.41) is 3.07. The molecule has 1 saturated heterocycles. The fourth-order valence-electron chi connectivity index (χ4n) is 3.07. The minimum Gasteiger partial charge on any atom is -0.493 e. The van der Waals surface area contributed by atoms with Gasteiger partial charge in [-0.25, -0.2) is 0 Å². The van der Waals surface area contributed by atoms with E-state index in [2.05, 4.69) is 34.5 Å². The Morgan fingerprint density at radius 1 is 1.04 bits per heavy atom. The lowest BCUT2D eigenvalue weighted by molar-refractivity contribution is -0.123. The second-order valence-electron chi connectivity index (χ2n) is 6.10. The molecule has 1 amide bonds. The summed E-state index contributed by atoms with van der Waals surface area (Å²) in [6.07, 6.45) is 1.88. The molecule has 5 heteroatoms. The summed E-state index contributed by atoms with van der Waals surface area (Å²) in [7, 11) is 1.59. The van der Waals surface area contributed by atoms with Gasteiger partial charge in [0.1, 0.15) is 0 Å². The molecule has 0 saturated carbocycles. The number of nitrogens with one attached hydrogen (secondary N) is 1. The highest BCUT2D eigenvalue weighted by molar-refractivity contribution is 5.78. The average Bonchev–Trinajstić information content (AvgIpc) is 2.68. The molecule has 0 aliphatic carbocycles. The van der Waals surface area contributed by atoms with E-state index in [1.165, 1.54) is 5.69 Å². The first-order valence-electron chi connectivity index (χ1n) is 8.61. The maximum absolute atomic E-state index is 12.1. The average molecular weight is 340 g/mol. The zero-order chi connectivity index (χ0) is 17.5. The summed E-state index contributed by atoms with van der Waals surface area (Å²) in [4.78, 5) is 14.5. The molecule has 5 nitrogen and oxygen atoms in total. The van der Waals surface area contributed by atoms with E-state index in [1.807, 2.05) is 24.3 Å². The van der Waals surface area contributed by atoms with Crippen LogP contribution in [0.15, 0.2) is 54.6 Å². The normalized spacial score (nSPS) is 14.8. The number of amides is 1. The second kappa shape index (κ2) is 8.42. The zero-order valence-corrected chi connectivity index (χ0v) is 14.5. The number of hydrogen-bond acceptors (Lipinski definition) is 4. The molecule has 1 aliphatic rings. The molecular weight excluding hydrogens is 316 g/mol. The molecule has 2 aromatic rings. The molecule has 0 atom stereocenters. The van der Waals surface area contributed by atoms with Gasteiger partial charge in [0.05, 0.1) is 7.11 Å². The Hall–Kier alpha value is -2.69. The van der Waals surface area contributed by atoms with Crippen LogP contribution in [0.1, 0.15) is 12.8 Å². The molecule has 1 fully saturated rings. The lowest BCUT2D eigenvalue weighted by Crippen LogP contribution is -2.46. The molecule has 1 N–H and O–H groups in total. The SMILES string of the molecule is COc1ccccc1OCC(=O)NC1CCN(c2ccccc2)CC1. The van der Waals surface area contributed by atoms with Crippen molar-refractivity contribution in [1.82, 2.24) is 5.32 Å². The van der Waals surface area contributed by atoms with Crippen molar-refractivity contribution in [1.29, 1.82) is 0 Å². The number of rotatable bonds is 6. The number of para-hydroxylation sites is 3. The minimum atomic E-state index is -0.0935. The van der Waals surface area contributed by atoms with Crippen LogP contribution in [0.5, 0.6) is 11.5 Å². The zero-order valence-electron chi connectivity index (χ0n) is 14.5. The first-order chi connectivity index (χ1) is 12.3. The third-order valence-corrected chi connectivity index (χ3v) is 4.41. The molecular formula is C20H24N2O3. The lowest BCUT2D eigenvalue weighted by Gasteiger charge is -2.34. The Labute approximate surface area is 148 Å². The largest absolute Gasteiger partial charge is 0.493 e. The predicted octanol–water partition coefficient (Wildman–Crippen LogP) is 2.86. The van der Waals surface area contributed by atoms with Gasteiger partial charge in [0.15, 0.2) is 18.1 Å². The van der Waals surface area contributed by atoms with Crippen molar-refractivity contribution < 1.29 is 14.3 Å². The van der Waals surface area contributed by atoms with Gasteiger partial charge in [-0.2, -0.15) is 0 Å². The Morgan fingerprint density at radius 3 is 2.36 bits per heavy atom. The van der Waals surface area contributed by atoms with Crippen LogP contribution >= 0.6 is 0 Å². The van der Waals surface area contributed by atoms with Gasteiger partial charge in [0.25, 0.3) is 5.91 Å². The quantitative estimate of drug-likeness (QED) is 0.878. The van der Waals surface area contributed by atoms with Crippen LogP contribution < -0.4 is 19.7 Å². The minimum absolute atomic E-state index is 0.000721. The van der Waals surface area contributed by atoms with Gasteiger partial charge in [0.2, 0.25) is 0 Å². The van der Waals surface area contributed by atoms with E-state index in [-0.39, 0.29) is 18.6 Å². The summed E-state index contributed by atoms with van der Waals surface area (Å²) in [5.41, 5.74) is 1.24. The number of methoxy groups -OCH3 is 1. The molecule has 0 aromatic heterocycles. The van der Waals surface area contributed by atoms with E-state index in [0.29, 0.717) is 11.5 Å². The van der Waals surface area contributed by atoms with E-state index >= 15 is 0 Å². The van der Waals surface area contributed by atoms with E-state index in [9.17, 15) is 4.79 Å². The number of carbonyl (C=O) groups is 1. The molecule has 0 radical (unpaired) electrons. The van der Waals surface area contributed by atoms with Crippen molar-refractivity contribution in [3.63, 3.8) is 0 Å². The Kier molecular flexibility index (Phi) is 5.77. The van der Waals surface area contributed by atoms with Gasteiger partial charge in [-0.05, 0) is 37.1 Å². The van der Waals surface area contributed by atoms with Crippen molar-refractivity contribution in [3.05, 3.63) is 54.6 Å². The van der Waals surface area contributed by atoms with Crippen LogP contribution in [0, 0.1) is 0 Å². The summed E-state index contributed by atoms with van der Waals surface area (Å²) >= 11 is 0. The molecule has 0 unspecified atom stereocenters. The van der Waals surface area contributed by atoms with Crippen LogP contribution in [0.25, 0.3) is 0 Å². The number of piperidine rings is 1. The fourth-order valence-corrected chi connectivity index (χ4v) is 3.07. The molecule has 0 bridgehead atoms. The van der Waals surface area contributed by atoms with E-state index in [1.54, 1.807) is 13.2 Å². The molecule has 1 aliphatic heterocycles. The number of carbonyl (C=O) groups excluding carboxylic acids is 1. The van der Waals surface area contributed by atoms with E-state index in [0.717, 1.165) is 25.9 Å². The van der Waals surface area contributed by atoms with Gasteiger partial charge in [-0.1, -0.05) is 30.3 Å². The summed E-state index contributed by atoms with van der Waals surface area (Å²) < 4.78 is 10.8. The van der Waals surface area contributed by atoms with Crippen LogP contribution in [0.3, 0.4) is 0 Å². The van der Waals surface area contributed by atoms with Gasteiger partial charge >= 0.3 is 0 Å². The maximum atomic E-state index is 12.1. The van der Waals surface area contributed by atoms with Crippen molar-refractivity contribution in [3.8, 4) is 11.5 Å². The Balaban J connectivity index is 1.43. The summed E-state index contributed by atoms with van der Waals surface area (Å²) in [5.74, 6) is 1.12. The van der Waals surface area contributed by atoms with Crippen molar-refractivity contribution in [2.45, 2.75) is 18.9 Å². The molecule has 0 spiro atoms. The molecule has 1 heterocycles. The topological polar surface area (TPSA) is 50.8 Å². The highest BCUT2D eigenvalue weighted by atomic mass is 16.5. The maximum Gasteiger partial charge on any atom is 0.258 e. The summed E-state index contributed by atoms with van der Waals surface area (Å²) in [6, 6.07) is 17.9. The summed E-state index contributed by atoms with van der Waals surface area (Å²) in [6.45, 7) is 1.89. The van der Waals surface area contributed by atoms with E-state index in [4.69, 9.17) is 9.47 Å². The molecule has 25 heavy (non-hydrogen) atoms. The lowest BCUT2D eigenvalue weighted by atomic mass is 10.0. The number of hydrogen-bond donors (Lipinski definition) is 1.